The summed E-state index contributed by atoms with van der Waals surface area (Å²) in [5, 5.41) is 0. The molecule has 0 spiro atoms. The first kappa shape index (κ1) is 18.7. The van der Waals surface area contributed by atoms with Crippen molar-refractivity contribution in [2.45, 2.75) is 31.6 Å². The van der Waals surface area contributed by atoms with E-state index in [1.54, 1.807) is 17.0 Å². The van der Waals surface area contributed by atoms with E-state index in [0.29, 0.717) is 19.5 Å². The molecule has 1 aliphatic heterocycles. The number of carbonyl (C=O) groups excluding carboxylic acids is 1. The summed E-state index contributed by atoms with van der Waals surface area (Å²) in [5.74, 6) is -0.902. The zero-order chi connectivity index (χ0) is 17.9. The van der Waals surface area contributed by atoms with E-state index in [4.69, 9.17) is 5.73 Å². The summed E-state index contributed by atoms with van der Waals surface area (Å²) in [4.78, 5) is 14.9. The zero-order valence-corrected chi connectivity index (χ0v) is 13.4. The zero-order valence-electron chi connectivity index (χ0n) is 13.4. The van der Waals surface area contributed by atoms with Gasteiger partial charge in [-0.15, -0.1) is 0 Å². The maximum Gasteiger partial charge on any atom is 0.403 e. The van der Waals surface area contributed by atoms with Crippen LogP contribution in [0.5, 0.6) is 0 Å². The molecule has 1 heterocycles. The lowest BCUT2D eigenvalue weighted by atomic mass is 10.0. The molecule has 8 heteroatoms. The molecule has 134 valence electrons. The smallest absolute Gasteiger partial charge is 0.368 e. The van der Waals surface area contributed by atoms with Gasteiger partial charge in [0.05, 0.1) is 6.04 Å². The molecule has 2 unspecified atom stereocenters. The van der Waals surface area contributed by atoms with E-state index in [1.807, 2.05) is 0 Å². The number of nitrogens with two attached hydrogens (primary N) is 1. The summed E-state index contributed by atoms with van der Waals surface area (Å²) in [6, 6.07) is 3.63. The van der Waals surface area contributed by atoms with Gasteiger partial charge in [0.15, 0.2) is 0 Å². The number of hydrogen-bond donors (Lipinski definition) is 1. The Kier molecular flexibility index (Phi) is 5.82. The van der Waals surface area contributed by atoms with Gasteiger partial charge in [0, 0.05) is 26.2 Å². The number of primary amides is 1. The van der Waals surface area contributed by atoms with Gasteiger partial charge in [0.2, 0.25) is 5.91 Å². The predicted octanol–water partition coefficient (Wildman–Crippen LogP) is 1.79. The van der Waals surface area contributed by atoms with Crippen LogP contribution in [0.4, 0.5) is 17.6 Å². The number of carbonyl (C=O) groups is 1. The highest BCUT2D eigenvalue weighted by molar-refractivity contribution is 5.80. The molecule has 4 nitrogen and oxygen atoms in total. The molecule has 0 saturated carbocycles. The number of rotatable bonds is 5. The second-order valence-electron chi connectivity index (χ2n) is 6.04. The van der Waals surface area contributed by atoms with Crippen molar-refractivity contribution in [1.82, 2.24) is 9.80 Å². The van der Waals surface area contributed by atoms with Gasteiger partial charge in [0.1, 0.15) is 11.9 Å². The highest BCUT2D eigenvalue weighted by atomic mass is 19.4. The maximum absolute atomic E-state index is 13.0. The van der Waals surface area contributed by atoms with Crippen LogP contribution in [0.3, 0.4) is 0 Å². The normalized spacial score (nSPS) is 19.9. The van der Waals surface area contributed by atoms with Gasteiger partial charge in [-0.25, -0.2) is 4.39 Å². The van der Waals surface area contributed by atoms with Crippen LogP contribution in [0.25, 0.3) is 0 Å². The predicted molar refractivity (Wildman–Crippen MR) is 81.7 cm³/mol. The van der Waals surface area contributed by atoms with E-state index >= 15 is 0 Å². The molecule has 24 heavy (non-hydrogen) atoms. The summed E-state index contributed by atoms with van der Waals surface area (Å²) in [7, 11) is 0. The maximum atomic E-state index is 13.0. The third kappa shape index (κ3) is 4.67. The molecule has 0 aromatic heterocycles. The Morgan fingerprint density at radius 1 is 1.12 bits per heavy atom. The highest BCUT2D eigenvalue weighted by Crippen LogP contribution is 2.25. The van der Waals surface area contributed by atoms with E-state index in [2.05, 4.69) is 0 Å². The Balaban J connectivity index is 1.98. The molecule has 2 rings (SSSR count). The summed E-state index contributed by atoms with van der Waals surface area (Å²) < 4.78 is 51.3. The summed E-state index contributed by atoms with van der Waals surface area (Å²) >= 11 is 0. The quantitative estimate of drug-likeness (QED) is 0.827. The fraction of sp³-hybridized carbons (Fsp3) is 0.562. The number of amides is 1. The molecule has 1 amide bonds. The van der Waals surface area contributed by atoms with Crippen LogP contribution in [-0.2, 0) is 11.2 Å². The molecule has 1 aliphatic rings. The first-order valence-electron chi connectivity index (χ1n) is 7.77. The van der Waals surface area contributed by atoms with E-state index in [-0.39, 0.29) is 18.9 Å². The highest BCUT2D eigenvalue weighted by Gasteiger charge is 2.41. The van der Waals surface area contributed by atoms with Crippen LogP contribution in [0.1, 0.15) is 12.5 Å². The largest absolute Gasteiger partial charge is 0.403 e. The molecular formula is C16H21F4N3O. The number of piperazine rings is 1. The minimum Gasteiger partial charge on any atom is -0.368 e. The van der Waals surface area contributed by atoms with Gasteiger partial charge in [-0.2, -0.15) is 13.2 Å². The van der Waals surface area contributed by atoms with E-state index < -0.39 is 24.2 Å². The van der Waals surface area contributed by atoms with Gasteiger partial charge < -0.3 is 5.73 Å². The fourth-order valence-electron chi connectivity index (χ4n) is 2.90. The van der Waals surface area contributed by atoms with Gasteiger partial charge >= 0.3 is 6.18 Å². The van der Waals surface area contributed by atoms with E-state index in [9.17, 15) is 22.4 Å². The Hall–Kier alpha value is -1.67. The van der Waals surface area contributed by atoms with Crippen LogP contribution in [0.2, 0.25) is 0 Å². The first-order valence-corrected chi connectivity index (χ1v) is 7.77. The van der Waals surface area contributed by atoms with Gasteiger partial charge in [0.25, 0.3) is 0 Å². The molecule has 1 aromatic rings. The van der Waals surface area contributed by atoms with Crippen molar-refractivity contribution in [3.05, 3.63) is 35.6 Å². The Morgan fingerprint density at radius 3 is 2.08 bits per heavy atom. The van der Waals surface area contributed by atoms with Gasteiger partial charge in [-0.05, 0) is 31.0 Å². The molecule has 1 saturated heterocycles. The van der Waals surface area contributed by atoms with E-state index in [1.165, 1.54) is 17.0 Å². The van der Waals surface area contributed by atoms with Gasteiger partial charge in [-0.3, -0.25) is 14.6 Å². The first-order chi connectivity index (χ1) is 11.2. The van der Waals surface area contributed by atoms with Crippen LogP contribution < -0.4 is 5.73 Å². The second kappa shape index (κ2) is 7.48. The Morgan fingerprint density at radius 2 is 1.62 bits per heavy atom. The summed E-state index contributed by atoms with van der Waals surface area (Å²) in [6.45, 7) is 2.23. The molecule has 1 aromatic carbocycles. The number of nitrogens with zero attached hydrogens (tertiary/aromatic N) is 2. The Labute approximate surface area is 138 Å². The van der Waals surface area contributed by atoms with E-state index in [0.717, 1.165) is 12.5 Å². The number of alkyl halides is 3. The molecule has 2 atom stereocenters. The third-order valence-corrected chi connectivity index (χ3v) is 4.48. The minimum atomic E-state index is -4.26. The topological polar surface area (TPSA) is 49.6 Å². The van der Waals surface area contributed by atoms with Crippen molar-refractivity contribution in [1.29, 1.82) is 0 Å². The lowest BCUT2D eigenvalue weighted by Gasteiger charge is -2.41. The van der Waals surface area contributed by atoms with Crippen LogP contribution in [0, 0.1) is 5.82 Å². The molecule has 2 N–H and O–H groups in total. The Bertz CT molecular complexity index is 553. The van der Waals surface area contributed by atoms with Crippen LogP contribution in [0.15, 0.2) is 24.3 Å². The second-order valence-corrected chi connectivity index (χ2v) is 6.04. The molecule has 0 radical (unpaired) electrons. The molecular weight excluding hydrogens is 326 g/mol. The lowest BCUT2D eigenvalue weighted by Crippen LogP contribution is -2.58. The van der Waals surface area contributed by atoms with Crippen LogP contribution >= 0.6 is 0 Å². The van der Waals surface area contributed by atoms with Crippen molar-refractivity contribution < 1.29 is 22.4 Å². The monoisotopic (exact) mass is 347 g/mol. The van der Waals surface area contributed by atoms with Crippen molar-refractivity contribution in [3.63, 3.8) is 0 Å². The number of hydrogen-bond acceptors (Lipinski definition) is 3. The van der Waals surface area contributed by atoms with Crippen molar-refractivity contribution in [2.75, 3.05) is 26.2 Å². The van der Waals surface area contributed by atoms with Crippen LogP contribution in [-0.4, -0.2) is 60.1 Å². The number of benzene rings is 1. The average molecular weight is 347 g/mol. The van der Waals surface area contributed by atoms with Crippen molar-refractivity contribution >= 4 is 5.91 Å². The third-order valence-electron chi connectivity index (χ3n) is 4.48. The van der Waals surface area contributed by atoms with Crippen molar-refractivity contribution in [2.24, 2.45) is 5.73 Å². The summed E-state index contributed by atoms with van der Waals surface area (Å²) in [6.07, 6.45) is -3.95. The fourth-order valence-corrected chi connectivity index (χ4v) is 2.90. The standard InChI is InChI=1S/C16H21F4N3O/c1-11(16(18,19)20)22-6-8-23(9-7-22)14(15(21)24)10-12-2-4-13(17)5-3-12/h2-5,11,14H,6-10H2,1H3,(H2,21,24). The minimum absolute atomic E-state index is 0.216. The molecule has 0 aliphatic carbocycles. The number of halogens is 4. The SMILES string of the molecule is CC(N1CCN(C(Cc2ccc(F)cc2)C(N)=O)CC1)C(F)(F)F. The van der Waals surface area contributed by atoms with Crippen molar-refractivity contribution in [3.8, 4) is 0 Å². The lowest BCUT2D eigenvalue weighted by molar-refractivity contribution is -0.183. The molecule has 1 fully saturated rings. The van der Waals surface area contributed by atoms with Gasteiger partial charge in [-0.1, -0.05) is 12.1 Å². The summed E-state index contributed by atoms with van der Waals surface area (Å²) in [5.41, 5.74) is 6.22. The molecule has 0 bridgehead atoms. The average Bonchev–Trinajstić information content (AvgIpc) is 2.52.